The lowest BCUT2D eigenvalue weighted by Gasteiger charge is -2.39. The number of hydrogen-bond acceptors (Lipinski definition) is 6. The molecule has 6 nitrogen and oxygen atoms in total. The summed E-state index contributed by atoms with van der Waals surface area (Å²) in [5, 5.41) is 60.5. The average molecular weight is 336 g/mol. The fourth-order valence-electron chi connectivity index (χ4n) is 4.64. The smallest absolute Gasteiger partial charge is 0.0842 e. The van der Waals surface area contributed by atoms with Crippen molar-refractivity contribution in [3.8, 4) is 0 Å². The Balaban J connectivity index is 1.93. The lowest BCUT2D eigenvalue weighted by atomic mass is 9.69. The summed E-state index contributed by atoms with van der Waals surface area (Å²) in [5.41, 5.74) is 5.64. The first-order chi connectivity index (χ1) is 11.4. The van der Waals surface area contributed by atoms with E-state index in [4.69, 9.17) is 0 Å². The van der Waals surface area contributed by atoms with Crippen LogP contribution in [0.2, 0.25) is 0 Å². The highest BCUT2D eigenvalue weighted by atomic mass is 16.3. The van der Waals surface area contributed by atoms with Gasteiger partial charge in [0.1, 0.15) is 0 Å². The average Bonchev–Trinajstić information content (AvgIpc) is 2.53. The summed E-state index contributed by atoms with van der Waals surface area (Å²) < 4.78 is 0. The SMILES string of the molecule is OC1Cc2c3c(c4c(c2CC1O)CC(O)C(O)C4)CC(O)C(O)C3. The largest absolute Gasteiger partial charge is 0.390 e. The monoisotopic (exact) mass is 336 g/mol. The van der Waals surface area contributed by atoms with Gasteiger partial charge in [0.25, 0.3) is 0 Å². The lowest BCUT2D eigenvalue weighted by Crippen LogP contribution is -2.43. The van der Waals surface area contributed by atoms with E-state index in [1.165, 1.54) is 0 Å². The van der Waals surface area contributed by atoms with Gasteiger partial charge in [0.2, 0.25) is 0 Å². The van der Waals surface area contributed by atoms with Crippen LogP contribution in [0, 0.1) is 0 Å². The summed E-state index contributed by atoms with van der Waals surface area (Å²) in [6, 6.07) is 0. The van der Waals surface area contributed by atoms with Gasteiger partial charge in [0, 0.05) is 38.5 Å². The first kappa shape index (κ1) is 16.4. The molecule has 3 aliphatic carbocycles. The van der Waals surface area contributed by atoms with Gasteiger partial charge < -0.3 is 30.6 Å². The van der Waals surface area contributed by atoms with Crippen LogP contribution in [0.25, 0.3) is 0 Å². The Morgan fingerprint density at radius 2 is 0.458 bits per heavy atom. The van der Waals surface area contributed by atoms with Gasteiger partial charge in [-0.1, -0.05) is 0 Å². The van der Waals surface area contributed by atoms with Gasteiger partial charge in [0.05, 0.1) is 36.6 Å². The Morgan fingerprint density at radius 3 is 0.583 bits per heavy atom. The van der Waals surface area contributed by atoms with Crippen LogP contribution in [0.1, 0.15) is 33.4 Å². The van der Waals surface area contributed by atoms with Gasteiger partial charge in [-0.2, -0.15) is 0 Å². The molecular weight excluding hydrogens is 312 g/mol. The molecule has 0 aliphatic heterocycles. The Kier molecular flexibility index (Phi) is 3.95. The van der Waals surface area contributed by atoms with Crippen LogP contribution in [0.3, 0.4) is 0 Å². The zero-order chi connectivity index (χ0) is 17.2. The van der Waals surface area contributed by atoms with E-state index in [0.717, 1.165) is 33.4 Å². The van der Waals surface area contributed by atoms with Crippen molar-refractivity contribution in [1.82, 2.24) is 0 Å². The summed E-state index contributed by atoms with van der Waals surface area (Å²) in [6.07, 6.45) is -3.19. The molecule has 1 aromatic carbocycles. The summed E-state index contributed by atoms with van der Waals surface area (Å²) in [5.74, 6) is 0. The predicted molar refractivity (Wildman–Crippen MR) is 84.7 cm³/mol. The maximum atomic E-state index is 10.1. The first-order valence-electron chi connectivity index (χ1n) is 8.62. The summed E-state index contributed by atoms with van der Waals surface area (Å²) in [7, 11) is 0. The molecule has 0 radical (unpaired) electrons. The van der Waals surface area contributed by atoms with Crippen molar-refractivity contribution in [3.63, 3.8) is 0 Å². The summed E-state index contributed by atoms with van der Waals surface area (Å²) in [4.78, 5) is 0. The molecule has 6 N–H and O–H groups in total. The van der Waals surface area contributed by atoms with Crippen LogP contribution in [-0.4, -0.2) is 67.3 Å². The summed E-state index contributed by atoms with van der Waals surface area (Å²) >= 11 is 0. The topological polar surface area (TPSA) is 121 Å². The minimum absolute atomic E-state index is 0.313. The van der Waals surface area contributed by atoms with Crippen LogP contribution in [0.5, 0.6) is 0 Å². The fourth-order valence-corrected chi connectivity index (χ4v) is 4.64. The van der Waals surface area contributed by atoms with Crippen molar-refractivity contribution in [2.24, 2.45) is 0 Å². The molecule has 0 heterocycles. The Hall–Kier alpha value is -1.02. The molecular formula is C18H24O6. The molecule has 0 fully saturated rings. The Bertz CT molecular complexity index is 505. The molecule has 6 atom stereocenters. The maximum Gasteiger partial charge on any atom is 0.0842 e. The minimum atomic E-state index is -0.845. The molecule has 6 unspecified atom stereocenters. The Labute approximate surface area is 140 Å². The second-order valence-electron chi connectivity index (χ2n) is 7.50. The van der Waals surface area contributed by atoms with E-state index < -0.39 is 36.6 Å². The number of fused-ring (bicyclic) bond motifs is 6. The highest BCUT2D eigenvalue weighted by Crippen LogP contribution is 2.40. The zero-order valence-corrected chi connectivity index (χ0v) is 13.4. The molecule has 0 saturated carbocycles. The summed E-state index contributed by atoms with van der Waals surface area (Å²) in [6.45, 7) is 0. The molecule has 0 bridgehead atoms. The molecule has 0 spiro atoms. The Morgan fingerprint density at radius 1 is 0.333 bits per heavy atom. The van der Waals surface area contributed by atoms with Gasteiger partial charge in [-0.25, -0.2) is 0 Å². The number of hydrogen-bond donors (Lipinski definition) is 6. The molecule has 0 aromatic heterocycles. The lowest BCUT2D eigenvalue weighted by molar-refractivity contribution is 0.00272. The normalized spacial score (nSPS) is 38.2. The highest BCUT2D eigenvalue weighted by molar-refractivity contribution is 5.56. The molecule has 24 heavy (non-hydrogen) atoms. The van der Waals surface area contributed by atoms with Crippen LogP contribution in [-0.2, 0) is 38.5 Å². The van der Waals surface area contributed by atoms with E-state index in [0.29, 0.717) is 38.5 Å². The van der Waals surface area contributed by atoms with Gasteiger partial charge >= 0.3 is 0 Å². The van der Waals surface area contributed by atoms with Crippen molar-refractivity contribution >= 4 is 0 Å². The molecule has 3 aliphatic rings. The van der Waals surface area contributed by atoms with Gasteiger partial charge in [-0.05, 0) is 33.4 Å². The minimum Gasteiger partial charge on any atom is -0.390 e. The van der Waals surface area contributed by atoms with Crippen molar-refractivity contribution in [2.75, 3.05) is 0 Å². The molecule has 0 amide bonds. The fraction of sp³-hybridized carbons (Fsp3) is 0.667. The second-order valence-corrected chi connectivity index (χ2v) is 7.50. The standard InChI is InChI=1S/C18H24O6/c19-13-1-7-8(2-14(13)20)10-4-17(23)18(24)6-12(10)11-5-16(22)15(21)3-9(7)11/h13-24H,1-6H2. The quantitative estimate of drug-likeness (QED) is 0.331. The second kappa shape index (κ2) is 5.76. The zero-order valence-electron chi connectivity index (χ0n) is 13.4. The van der Waals surface area contributed by atoms with Crippen LogP contribution in [0.4, 0.5) is 0 Å². The molecule has 0 saturated heterocycles. The third-order valence-electron chi connectivity index (χ3n) is 6.00. The van der Waals surface area contributed by atoms with Crippen molar-refractivity contribution in [3.05, 3.63) is 33.4 Å². The van der Waals surface area contributed by atoms with E-state index in [9.17, 15) is 30.6 Å². The number of rotatable bonds is 0. The number of aliphatic hydroxyl groups excluding tert-OH is 6. The van der Waals surface area contributed by atoms with Crippen LogP contribution in [0.15, 0.2) is 0 Å². The van der Waals surface area contributed by atoms with E-state index in [1.54, 1.807) is 0 Å². The number of benzene rings is 1. The van der Waals surface area contributed by atoms with Gasteiger partial charge in [-0.3, -0.25) is 0 Å². The van der Waals surface area contributed by atoms with Gasteiger partial charge in [-0.15, -0.1) is 0 Å². The van der Waals surface area contributed by atoms with Crippen molar-refractivity contribution in [1.29, 1.82) is 0 Å². The first-order valence-corrected chi connectivity index (χ1v) is 8.62. The van der Waals surface area contributed by atoms with E-state index in [2.05, 4.69) is 0 Å². The molecule has 1 aromatic rings. The van der Waals surface area contributed by atoms with E-state index in [1.807, 2.05) is 0 Å². The molecule has 6 heteroatoms. The molecule has 132 valence electrons. The highest BCUT2D eigenvalue weighted by Gasteiger charge is 2.39. The number of aliphatic hydroxyl groups is 6. The van der Waals surface area contributed by atoms with Crippen LogP contribution < -0.4 is 0 Å². The predicted octanol–water partition coefficient (Wildman–Crippen LogP) is -1.85. The van der Waals surface area contributed by atoms with Crippen molar-refractivity contribution in [2.45, 2.75) is 75.1 Å². The van der Waals surface area contributed by atoms with Crippen molar-refractivity contribution < 1.29 is 30.6 Å². The van der Waals surface area contributed by atoms with E-state index in [-0.39, 0.29) is 0 Å². The third-order valence-corrected chi connectivity index (χ3v) is 6.00. The van der Waals surface area contributed by atoms with E-state index >= 15 is 0 Å². The van der Waals surface area contributed by atoms with Crippen LogP contribution >= 0.6 is 0 Å². The maximum absolute atomic E-state index is 10.1. The third kappa shape index (κ3) is 2.41. The van der Waals surface area contributed by atoms with Gasteiger partial charge in [0.15, 0.2) is 0 Å². The molecule has 4 rings (SSSR count).